The molecule has 0 saturated carbocycles. The molecule has 0 saturated heterocycles. The van der Waals surface area contributed by atoms with Gasteiger partial charge >= 0.3 is 0 Å². The Labute approximate surface area is 122 Å². The summed E-state index contributed by atoms with van der Waals surface area (Å²) in [6.45, 7) is 6.35. The maximum Gasteiger partial charge on any atom is 0.0432 e. The molecule has 0 aliphatic carbocycles. The maximum absolute atomic E-state index is 3.18. The summed E-state index contributed by atoms with van der Waals surface area (Å²) in [7, 11) is 1.98. The molecule has 0 bridgehead atoms. The van der Waals surface area contributed by atoms with Crippen LogP contribution in [0.15, 0.2) is 54.6 Å². The molecule has 0 amide bonds. The van der Waals surface area contributed by atoms with E-state index in [1.165, 1.54) is 16.8 Å². The summed E-state index contributed by atoms with van der Waals surface area (Å²) in [6.07, 6.45) is 0. The monoisotopic (exact) mass is 268 g/mol. The molecule has 0 fully saturated rings. The normalized spacial score (nSPS) is 10.8. The largest absolute Gasteiger partial charge is 0.365 e. The van der Waals surface area contributed by atoms with Crippen molar-refractivity contribution < 1.29 is 0 Å². The molecule has 1 N–H and O–H groups in total. The fourth-order valence-corrected chi connectivity index (χ4v) is 2.36. The van der Waals surface area contributed by atoms with Crippen LogP contribution < -0.4 is 10.2 Å². The highest BCUT2D eigenvalue weighted by Gasteiger charge is 2.11. The summed E-state index contributed by atoms with van der Waals surface area (Å²) in [5, 5.41) is 3.18. The number of hydrogen-bond donors (Lipinski definition) is 1. The van der Waals surface area contributed by atoms with Crippen molar-refractivity contribution in [3.8, 4) is 0 Å². The van der Waals surface area contributed by atoms with E-state index in [0.29, 0.717) is 6.04 Å². The van der Waals surface area contributed by atoms with E-state index >= 15 is 0 Å². The number of nitrogens with zero attached hydrogens (tertiary/aromatic N) is 1. The van der Waals surface area contributed by atoms with E-state index in [0.717, 1.165) is 13.1 Å². The minimum absolute atomic E-state index is 0.477. The van der Waals surface area contributed by atoms with E-state index in [2.05, 4.69) is 78.7 Å². The first-order valence-electron chi connectivity index (χ1n) is 7.25. The Morgan fingerprint density at radius 2 is 1.55 bits per heavy atom. The number of benzene rings is 2. The van der Waals surface area contributed by atoms with Crippen LogP contribution in [0.5, 0.6) is 0 Å². The van der Waals surface area contributed by atoms with Crippen LogP contribution in [-0.2, 0) is 13.1 Å². The molecular weight excluding hydrogens is 244 g/mol. The number of rotatable bonds is 6. The fourth-order valence-electron chi connectivity index (χ4n) is 2.36. The van der Waals surface area contributed by atoms with Gasteiger partial charge in [0.15, 0.2) is 0 Å². The lowest BCUT2D eigenvalue weighted by Crippen LogP contribution is -2.30. The molecule has 0 atom stereocenters. The van der Waals surface area contributed by atoms with Gasteiger partial charge in [-0.1, -0.05) is 42.5 Å². The van der Waals surface area contributed by atoms with Gasteiger partial charge in [-0.2, -0.15) is 0 Å². The lowest BCUT2D eigenvalue weighted by atomic mass is 10.1. The number of nitrogens with one attached hydrogen (secondary N) is 1. The number of anilines is 1. The van der Waals surface area contributed by atoms with Crippen LogP contribution in [0.25, 0.3) is 0 Å². The summed E-state index contributed by atoms with van der Waals surface area (Å²) in [5.41, 5.74) is 3.95. The first kappa shape index (κ1) is 14.6. The first-order valence-corrected chi connectivity index (χ1v) is 7.25. The summed E-state index contributed by atoms with van der Waals surface area (Å²) in [4.78, 5) is 2.43. The van der Waals surface area contributed by atoms with Gasteiger partial charge in [-0.15, -0.1) is 0 Å². The fraction of sp³-hybridized carbons (Fsp3) is 0.333. The van der Waals surface area contributed by atoms with Crippen molar-refractivity contribution >= 4 is 5.69 Å². The van der Waals surface area contributed by atoms with Crippen molar-refractivity contribution in [2.75, 3.05) is 11.9 Å². The highest BCUT2D eigenvalue weighted by molar-refractivity contribution is 5.49. The van der Waals surface area contributed by atoms with Crippen LogP contribution in [-0.4, -0.2) is 13.1 Å². The van der Waals surface area contributed by atoms with Gasteiger partial charge in [-0.3, -0.25) is 0 Å². The zero-order valence-electron chi connectivity index (χ0n) is 12.6. The lowest BCUT2D eigenvalue weighted by molar-refractivity contribution is 0.682. The van der Waals surface area contributed by atoms with Crippen LogP contribution in [0.1, 0.15) is 25.0 Å². The molecule has 2 aromatic carbocycles. The average Bonchev–Trinajstić information content (AvgIpc) is 2.47. The highest BCUT2D eigenvalue weighted by Crippen LogP contribution is 2.20. The third-order valence-corrected chi connectivity index (χ3v) is 3.47. The minimum atomic E-state index is 0.477. The van der Waals surface area contributed by atoms with E-state index in [4.69, 9.17) is 0 Å². The first-order chi connectivity index (χ1) is 9.70. The van der Waals surface area contributed by atoms with Gasteiger partial charge in [-0.25, -0.2) is 0 Å². The molecule has 0 aromatic heterocycles. The molecule has 20 heavy (non-hydrogen) atoms. The van der Waals surface area contributed by atoms with Crippen molar-refractivity contribution in [3.05, 3.63) is 65.7 Å². The predicted octanol–water partition coefficient (Wildman–Crippen LogP) is 3.82. The molecule has 0 heterocycles. The standard InChI is InChI=1S/C18H24N2/c1-15(2)20(14-17-7-5-4-6-8-17)18-11-9-16(10-12-18)13-19-3/h4-12,15,19H,13-14H2,1-3H3. The van der Waals surface area contributed by atoms with Gasteiger partial charge in [0, 0.05) is 24.8 Å². The molecule has 0 spiro atoms. The van der Waals surface area contributed by atoms with Crippen LogP contribution in [0, 0.1) is 0 Å². The van der Waals surface area contributed by atoms with Crippen molar-refractivity contribution in [3.63, 3.8) is 0 Å². The smallest absolute Gasteiger partial charge is 0.0432 e. The topological polar surface area (TPSA) is 15.3 Å². The van der Waals surface area contributed by atoms with E-state index in [1.54, 1.807) is 0 Å². The Bertz CT molecular complexity index is 503. The van der Waals surface area contributed by atoms with Crippen molar-refractivity contribution in [1.29, 1.82) is 0 Å². The van der Waals surface area contributed by atoms with Crippen molar-refractivity contribution in [1.82, 2.24) is 5.32 Å². The molecule has 0 aliphatic heterocycles. The van der Waals surface area contributed by atoms with E-state index in [1.807, 2.05) is 7.05 Å². The highest BCUT2D eigenvalue weighted by atomic mass is 15.1. The molecule has 2 aromatic rings. The van der Waals surface area contributed by atoms with Crippen molar-refractivity contribution in [2.24, 2.45) is 0 Å². The molecule has 0 aliphatic rings. The van der Waals surface area contributed by atoms with Crippen LogP contribution >= 0.6 is 0 Å². The van der Waals surface area contributed by atoms with Crippen LogP contribution in [0.4, 0.5) is 5.69 Å². The third kappa shape index (κ3) is 3.84. The summed E-state index contributed by atoms with van der Waals surface area (Å²) in [5.74, 6) is 0. The van der Waals surface area contributed by atoms with Crippen molar-refractivity contribution in [2.45, 2.75) is 33.0 Å². The van der Waals surface area contributed by atoms with Gasteiger partial charge < -0.3 is 10.2 Å². The van der Waals surface area contributed by atoms with Gasteiger partial charge in [-0.05, 0) is 44.2 Å². The Kier molecular flexibility index (Phi) is 5.19. The average molecular weight is 268 g/mol. The zero-order valence-corrected chi connectivity index (χ0v) is 12.6. The molecule has 106 valence electrons. The van der Waals surface area contributed by atoms with E-state index in [-0.39, 0.29) is 0 Å². The molecular formula is C18H24N2. The summed E-state index contributed by atoms with van der Waals surface area (Å²) < 4.78 is 0. The van der Waals surface area contributed by atoms with Gasteiger partial charge in [0.05, 0.1) is 0 Å². The summed E-state index contributed by atoms with van der Waals surface area (Å²) >= 11 is 0. The molecule has 2 rings (SSSR count). The molecule has 0 unspecified atom stereocenters. The SMILES string of the molecule is CNCc1ccc(N(Cc2ccccc2)C(C)C)cc1. The van der Waals surface area contributed by atoms with E-state index < -0.39 is 0 Å². The maximum atomic E-state index is 3.18. The number of hydrogen-bond acceptors (Lipinski definition) is 2. The van der Waals surface area contributed by atoms with Gasteiger partial charge in [0.2, 0.25) is 0 Å². The minimum Gasteiger partial charge on any atom is -0.365 e. The van der Waals surface area contributed by atoms with Gasteiger partial charge in [0.25, 0.3) is 0 Å². The zero-order chi connectivity index (χ0) is 14.4. The quantitative estimate of drug-likeness (QED) is 0.856. The van der Waals surface area contributed by atoms with Crippen LogP contribution in [0.2, 0.25) is 0 Å². The second-order valence-corrected chi connectivity index (χ2v) is 5.40. The Balaban J connectivity index is 2.16. The Hall–Kier alpha value is -1.80. The Morgan fingerprint density at radius 1 is 0.900 bits per heavy atom. The van der Waals surface area contributed by atoms with Gasteiger partial charge in [0.1, 0.15) is 0 Å². The molecule has 2 heteroatoms. The van der Waals surface area contributed by atoms with E-state index in [9.17, 15) is 0 Å². The third-order valence-electron chi connectivity index (χ3n) is 3.47. The lowest BCUT2D eigenvalue weighted by Gasteiger charge is -2.29. The second kappa shape index (κ2) is 7.11. The second-order valence-electron chi connectivity index (χ2n) is 5.40. The molecule has 2 nitrogen and oxygen atoms in total. The van der Waals surface area contributed by atoms with Crippen LogP contribution in [0.3, 0.4) is 0 Å². The molecule has 0 radical (unpaired) electrons. The Morgan fingerprint density at radius 3 is 2.10 bits per heavy atom. The summed E-state index contributed by atoms with van der Waals surface area (Å²) in [6, 6.07) is 20.0. The predicted molar refractivity (Wildman–Crippen MR) is 87.0 cm³/mol.